The van der Waals surface area contributed by atoms with Gasteiger partial charge in [0.05, 0.1) is 7.11 Å². The first-order valence-electron chi connectivity index (χ1n) is 4.42. The molecule has 0 aliphatic heterocycles. The highest BCUT2D eigenvalue weighted by molar-refractivity contribution is 9.10. The molecule has 0 bridgehead atoms. The van der Waals surface area contributed by atoms with Crippen molar-refractivity contribution in [2.45, 2.75) is 0 Å². The van der Waals surface area contributed by atoms with Crippen LogP contribution >= 0.6 is 15.9 Å². The van der Waals surface area contributed by atoms with Crippen molar-refractivity contribution in [2.75, 3.05) is 7.11 Å². The van der Waals surface area contributed by atoms with Crippen LogP contribution in [-0.4, -0.2) is 7.11 Å². The molecule has 80 valence electrons. The van der Waals surface area contributed by atoms with Gasteiger partial charge in [-0.3, -0.25) is 5.41 Å². The zero-order chi connectivity index (χ0) is 11.7. The second-order valence-electron chi connectivity index (χ2n) is 3.13. The third kappa shape index (κ3) is 1.68. The maximum Gasteiger partial charge on any atom is 0.230 e. The molecule has 1 N–H and O–H groups in total. The van der Waals surface area contributed by atoms with Gasteiger partial charge in [-0.2, -0.15) is 5.26 Å². The Balaban J connectivity index is 2.91. The van der Waals surface area contributed by atoms with Gasteiger partial charge in [0.25, 0.3) is 0 Å². The molecule has 5 heteroatoms. The Labute approximate surface area is 99.7 Å². The summed E-state index contributed by atoms with van der Waals surface area (Å²) in [5.41, 5.74) is 0.512. The Morgan fingerprint density at radius 2 is 2.19 bits per heavy atom. The highest BCUT2D eigenvalue weighted by Crippen LogP contribution is 2.29. The van der Waals surface area contributed by atoms with E-state index in [0.717, 1.165) is 9.86 Å². The number of hydrogen-bond donors (Lipinski definition) is 1. The topological polar surface area (TPSA) is 70.0 Å². The molecule has 0 saturated heterocycles. The van der Waals surface area contributed by atoms with E-state index in [1.165, 1.54) is 7.11 Å². The Kier molecular flexibility index (Phi) is 2.67. The Hall–Kier alpha value is -1.80. The summed E-state index contributed by atoms with van der Waals surface area (Å²) in [4.78, 5) is 0. The van der Waals surface area contributed by atoms with Crippen LogP contribution in [0, 0.1) is 16.7 Å². The highest BCUT2D eigenvalue weighted by atomic mass is 79.9. The van der Waals surface area contributed by atoms with E-state index in [-0.39, 0.29) is 11.1 Å². The van der Waals surface area contributed by atoms with Crippen LogP contribution in [0.15, 0.2) is 27.1 Å². The summed E-state index contributed by atoms with van der Waals surface area (Å²) in [5.74, 6) is 0.530. The summed E-state index contributed by atoms with van der Waals surface area (Å²) >= 11 is 3.34. The van der Waals surface area contributed by atoms with Crippen LogP contribution in [-0.2, 0) is 0 Å². The molecule has 1 aromatic heterocycles. The van der Waals surface area contributed by atoms with Crippen molar-refractivity contribution in [1.29, 1.82) is 10.7 Å². The number of methoxy groups -OCH3 is 1. The predicted octanol–water partition coefficient (Wildman–Crippen LogP) is 2.56. The lowest BCUT2D eigenvalue weighted by atomic mass is 10.2. The standard InChI is InChI=1S/C11H7BrN2O2/c1-15-9-4-8(12)3-6-2-7(5-13)11(14)16-10(6)9/h2-4,14H,1H3. The van der Waals surface area contributed by atoms with Crippen LogP contribution in [0.4, 0.5) is 0 Å². The number of halogens is 1. The van der Waals surface area contributed by atoms with Crippen molar-refractivity contribution >= 4 is 26.9 Å². The van der Waals surface area contributed by atoms with Gasteiger partial charge in [-0.25, -0.2) is 0 Å². The molecule has 1 aromatic carbocycles. The third-order valence-corrected chi connectivity index (χ3v) is 2.60. The van der Waals surface area contributed by atoms with E-state index in [2.05, 4.69) is 15.9 Å². The first-order valence-corrected chi connectivity index (χ1v) is 5.21. The number of nitriles is 1. The first-order chi connectivity index (χ1) is 7.65. The molecule has 0 aliphatic carbocycles. The van der Waals surface area contributed by atoms with E-state index >= 15 is 0 Å². The fraction of sp³-hybridized carbons (Fsp3) is 0.0909. The molecular formula is C11H7BrN2O2. The molecule has 0 saturated carbocycles. The third-order valence-electron chi connectivity index (χ3n) is 2.14. The van der Waals surface area contributed by atoms with Crippen molar-refractivity contribution < 1.29 is 9.15 Å². The molecule has 0 unspecified atom stereocenters. The van der Waals surface area contributed by atoms with E-state index in [4.69, 9.17) is 19.8 Å². The van der Waals surface area contributed by atoms with Crippen LogP contribution in [0.5, 0.6) is 5.75 Å². The summed E-state index contributed by atoms with van der Waals surface area (Å²) in [6.45, 7) is 0. The van der Waals surface area contributed by atoms with Gasteiger partial charge in [0.15, 0.2) is 11.3 Å². The second kappa shape index (κ2) is 3.99. The molecule has 1 heterocycles. The minimum atomic E-state index is -0.157. The summed E-state index contributed by atoms with van der Waals surface area (Å²) in [7, 11) is 1.53. The van der Waals surface area contributed by atoms with E-state index < -0.39 is 0 Å². The minimum absolute atomic E-state index is 0.157. The number of nitrogens with one attached hydrogen (secondary N) is 1. The number of rotatable bonds is 1. The van der Waals surface area contributed by atoms with E-state index in [1.807, 2.05) is 12.1 Å². The van der Waals surface area contributed by atoms with Crippen molar-refractivity contribution in [3.05, 3.63) is 33.8 Å². The predicted molar refractivity (Wildman–Crippen MR) is 61.0 cm³/mol. The summed E-state index contributed by atoms with van der Waals surface area (Å²) < 4.78 is 11.2. The summed E-state index contributed by atoms with van der Waals surface area (Å²) in [5, 5.41) is 17.0. The van der Waals surface area contributed by atoms with E-state index in [0.29, 0.717) is 11.3 Å². The number of hydrogen-bond acceptors (Lipinski definition) is 4. The van der Waals surface area contributed by atoms with Gasteiger partial charge in [-0.1, -0.05) is 15.9 Å². The number of nitrogens with zero attached hydrogens (tertiary/aromatic N) is 1. The summed E-state index contributed by atoms with van der Waals surface area (Å²) in [6, 6.07) is 7.07. The number of benzene rings is 1. The second-order valence-corrected chi connectivity index (χ2v) is 4.04. The van der Waals surface area contributed by atoms with Crippen LogP contribution in [0.1, 0.15) is 5.56 Å². The van der Waals surface area contributed by atoms with E-state index in [9.17, 15) is 0 Å². The number of fused-ring (bicyclic) bond motifs is 1. The van der Waals surface area contributed by atoms with Crippen molar-refractivity contribution in [2.24, 2.45) is 0 Å². The Bertz CT molecular complexity index is 655. The SMILES string of the molecule is COc1cc(Br)cc2cc(C#N)c(=N)oc12. The lowest BCUT2D eigenvalue weighted by Crippen LogP contribution is -2.04. The van der Waals surface area contributed by atoms with Crippen LogP contribution in [0.2, 0.25) is 0 Å². The molecule has 0 aliphatic rings. The Morgan fingerprint density at radius 1 is 1.44 bits per heavy atom. The van der Waals surface area contributed by atoms with Crippen LogP contribution in [0.25, 0.3) is 11.0 Å². The van der Waals surface area contributed by atoms with E-state index in [1.54, 1.807) is 12.1 Å². The van der Waals surface area contributed by atoms with Crippen molar-refractivity contribution in [3.63, 3.8) is 0 Å². The van der Waals surface area contributed by atoms with Gasteiger partial charge >= 0.3 is 0 Å². The van der Waals surface area contributed by atoms with Crippen molar-refractivity contribution in [1.82, 2.24) is 0 Å². The average molecular weight is 279 g/mol. The van der Waals surface area contributed by atoms with Gasteiger partial charge in [-0.15, -0.1) is 0 Å². The molecule has 2 aromatic rings. The zero-order valence-corrected chi connectivity index (χ0v) is 9.96. The smallest absolute Gasteiger partial charge is 0.230 e. The van der Waals surface area contributed by atoms with Crippen LogP contribution in [0.3, 0.4) is 0 Å². The maximum atomic E-state index is 8.80. The highest BCUT2D eigenvalue weighted by Gasteiger charge is 2.08. The van der Waals surface area contributed by atoms with Gasteiger partial charge in [0.1, 0.15) is 11.6 Å². The van der Waals surface area contributed by atoms with Gasteiger partial charge in [0.2, 0.25) is 5.55 Å². The largest absolute Gasteiger partial charge is 0.493 e. The quantitative estimate of drug-likeness (QED) is 0.872. The minimum Gasteiger partial charge on any atom is -0.493 e. The lowest BCUT2D eigenvalue weighted by molar-refractivity contribution is 0.404. The van der Waals surface area contributed by atoms with Gasteiger partial charge in [-0.05, 0) is 18.2 Å². The summed E-state index contributed by atoms with van der Waals surface area (Å²) in [6.07, 6.45) is 0. The zero-order valence-electron chi connectivity index (χ0n) is 8.37. The molecule has 16 heavy (non-hydrogen) atoms. The molecular weight excluding hydrogens is 272 g/mol. The molecule has 0 atom stereocenters. The normalized spacial score (nSPS) is 10.1. The molecule has 2 rings (SSSR count). The lowest BCUT2D eigenvalue weighted by Gasteiger charge is -2.05. The van der Waals surface area contributed by atoms with Crippen LogP contribution < -0.4 is 10.3 Å². The van der Waals surface area contributed by atoms with Gasteiger partial charge < -0.3 is 9.15 Å². The first kappa shape index (κ1) is 10.7. The monoisotopic (exact) mass is 278 g/mol. The average Bonchev–Trinajstić information content (AvgIpc) is 2.28. The van der Waals surface area contributed by atoms with Gasteiger partial charge in [0, 0.05) is 9.86 Å². The molecule has 0 amide bonds. The fourth-order valence-electron chi connectivity index (χ4n) is 1.42. The number of ether oxygens (including phenoxy) is 1. The fourth-order valence-corrected chi connectivity index (χ4v) is 1.87. The molecule has 0 radical (unpaired) electrons. The van der Waals surface area contributed by atoms with Crippen molar-refractivity contribution in [3.8, 4) is 11.8 Å². The molecule has 0 fully saturated rings. The Morgan fingerprint density at radius 3 is 2.81 bits per heavy atom. The molecule has 0 spiro atoms. The maximum absolute atomic E-state index is 8.80. The molecule has 4 nitrogen and oxygen atoms in total.